The molecule has 0 radical (unpaired) electrons. The van der Waals surface area contributed by atoms with Crippen LogP contribution in [0.25, 0.3) is 0 Å². The molecule has 0 aromatic carbocycles. The molecule has 0 aliphatic heterocycles. The first-order chi connectivity index (χ1) is 10.7. The molecule has 0 saturated heterocycles. The number of amides is 1. The van der Waals surface area contributed by atoms with Crippen LogP contribution in [0.15, 0.2) is 6.07 Å². The predicted molar refractivity (Wildman–Crippen MR) is 89.5 cm³/mol. The number of nitrogens with one attached hydrogen (secondary N) is 1. The van der Waals surface area contributed by atoms with Crippen molar-refractivity contribution in [3.63, 3.8) is 0 Å². The number of nitrogens with zero attached hydrogens (tertiary/aromatic N) is 1. The lowest BCUT2D eigenvalue weighted by atomic mass is 10.1. The molecule has 0 saturated carbocycles. The van der Waals surface area contributed by atoms with Crippen LogP contribution in [0.3, 0.4) is 0 Å². The molecule has 0 aliphatic carbocycles. The maximum atomic E-state index is 11.9. The Hall–Kier alpha value is -1.69. The van der Waals surface area contributed by atoms with Gasteiger partial charge in [-0.3, -0.25) is 0 Å². The molecule has 1 N–H and O–H groups in total. The minimum absolute atomic E-state index is 0.142. The first-order valence-electron chi connectivity index (χ1n) is 7.47. The summed E-state index contributed by atoms with van der Waals surface area (Å²) in [6.45, 7) is 7.44. The Morgan fingerprint density at radius 1 is 1.35 bits per heavy atom. The standard InChI is InChI=1S/C16H25ClN2O4/c1-7-10(18-15(20)23-16(2,3)4)8-12-13(21-5)9-11(17)14(19-12)22-6/h9-10H,7-8H2,1-6H3,(H,18,20). The van der Waals surface area contributed by atoms with Gasteiger partial charge in [0.1, 0.15) is 16.4 Å². The highest BCUT2D eigenvalue weighted by Crippen LogP contribution is 2.30. The second-order valence-electron chi connectivity index (χ2n) is 6.08. The van der Waals surface area contributed by atoms with Gasteiger partial charge >= 0.3 is 6.09 Å². The van der Waals surface area contributed by atoms with Crippen LogP contribution in [0.1, 0.15) is 39.8 Å². The van der Waals surface area contributed by atoms with Gasteiger partial charge in [0.2, 0.25) is 5.88 Å². The topological polar surface area (TPSA) is 69.7 Å². The SMILES string of the molecule is CCC(Cc1nc(OC)c(Cl)cc1OC)NC(=O)OC(C)(C)C. The fraction of sp³-hybridized carbons (Fsp3) is 0.625. The lowest BCUT2D eigenvalue weighted by Gasteiger charge is -2.23. The average molecular weight is 345 g/mol. The highest BCUT2D eigenvalue weighted by atomic mass is 35.5. The van der Waals surface area contributed by atoms with Crippen molar-refractivity contribution in [2.24, 2.45) is 0 Å². The Labute approximate surface area is 142 Å². The van der Waals surface area contributed by atoms with E-state index in [0.29, 0.717) is 28.8 Å². The smallest absolute Gasteiger partial charge is 0.407 e. The Morgan fingerprint density at radius 2 is 2.00 bits per heavy atom. The molecule has 6 nitrogen and oxygen atoms in total. The van der Waals surface area contributed by atoms with Crippen LogP contribution in [0, 0.1) is 0 Å². The number of methoxy groups -OCH3 is 2. The molecule has 0 fully saturated rings. The minimum atomic E-state index is -0.540. The van der Waals surface area contributed by atoms with Gasteiger partial charge in [0.05, 0.1) is 19.9 Å². The van der Waals surface area contributed by atoms with E-state index < -0.39 is 11.7 Å². The quantitative estimate of drug-likeness (QED) is 0.853. The highest BCUT2D eigenvalue weighted by molar-refractivity contribution is 6.32. The summed E-state index contributed by atoms with van der Waals surface area (Å²) in [5.41, 5.74) is 0.124. The van der Waals surface area contributed by atoms with Gasteiger partial charge in [0.25, 0.3) is 0 Å². The van der Waals surface area contributed by atoms with E-state index in [1.165, 1.54) is 7.11 Å². The van der Waals surface area contributed by atoms with Crippen molar-refractivity contribution in [3.8, 4) is 11.6 Å². The fourth-order valence-corrected chi connectivity index (χ4v) is 2.18. The van der Waals surface area contributed by atoms with E-state index in [2.05, 4.69) is 10.3 Å². The number of hydrogen-bond donors (Lipinski definition) is 1. The van der Waals surface area contributed by atoms with Crippen molar-refractivity contribution in [1.29, 1.82) is 0 Å². The highest BCUT2D eigenvalue weighted by Gasteiger charge is 2.21. The van der Waals surface area contributed by atoms with Crippen LogP contribution in [-0.2, 0) is 11.2 Å². The molecule has 7 heteroatoms. The summed E-state index contributed by atoms with van der Waals surface area (Å²) in [4.78, 5) is 16.3. The van der Waals surface area contributed by atoms with Gasteiger partial charge in [-0.2, -0.15) is 0 Å². The third-order valence-corrected chi connectivity index (χ3v) is 3.32. The molecular weight excluding hydrogens is 320 g/mol. The first-order valence-corrected chi connectivity index (χ1v) is 7.84. The number of ether oxygens (including phenoxy) is 3. The zero-order valence-electron chi connectivity index (χ0n) is 14.5. The Bertz CT molecular complexity index is 544. The molecular formula is C16H25ClN2O4. The van der Waals surface area contributed by atoms with Gasteiger partial charge in [-0.25, -0.2) is 9.78 Å². The number of hydrogen-bond acceptors (Lipinski definition) is 5. The van der Waals surface area contributed by atoms with Gasteiger partial charge in [0, 0.05) is 18.5 Å². The lowest BCUT2D eigenvalue weighted by Crippen LogP contribution is -2.40. The number of carbonyl (C=O) groups excluding carboxylic acids is 1. The van der Waals surface area contributed by atoms with Crippen LogP contribution < -0.4 is 14.8 Å². The Kier molecular flexibility index (Phi) is 6.94. The summed E-state index contributed by atoms with van der Waals surface area (Å²) >= 11 is 6.05. The second-order valence-corrected chi connectivity index (χ2v) is 6.49. The summed E-state index contributed by atoms with van der Waals surface area (Å²) in [6, 6.07) is 1.51. The number of pyridine rings is 1. The van der Waals surface area contributed by atoms with E-state index in [1.54, 1.807) is 13.2 Å². The first kappa shape index (κ1) is 19.4. The zero-order valence-corrected chi connectivity index (χ0v) is 15.3. The van der Waals surface area contributed by atoms with Crippen LogP contribution in [0.5, 0.6) is 11.6 Å². The molecule has 1 unspecified atom stereocenters. The molecule has 1 amide bonds. The maximum absolute atomic E-state index is 11.9. The molecule has 23 heavy (non-hydrogen) atoms. The van der Waals surface area contributed by atoms with E-state index in [4.69, 9.17) is 25.8 Å². The number of alkyl carbamates (subject to hydrolysis) is 1. The number of carbonyl (C=O) groups is 1. The molecule has 0 bridgehead atoms. The van der Waals surface area contributed by atoms with Crippen molar-refractivity contribution in [2.45, 2.75) is 52.2 Å². The third kappa shape index (κ3) is 6.14. The van der Waals surface area contributed by atoms with Crippen molar-refractivity contribution in [3.05, 3.63) is 16.8 Å². The van der Waals surface area contributed by atoms with Gasteiger partial charge in [-0.15, -0.1) is 0 Å². The van der Waals surface area contributed by atoms with Crippen LogP contribution >= 0.6 is 11.6 Å². The third-order valence-electron chi connectivity index (χ3n) is 3.05. The van der Waals surface area contributed by atoms with E-state index in [1.807, 2.05) is 27.7 Å². The zero-order chi connectivity index (χ0) is 17.6. The van der Waals surface area contributed by atoms with Crippen molar-refractivity contribution >= 4 is 17.7 Å². The lowest BCUT2D eigenvalue weighted by molar-refractivity contribution is 0.0502. The second kappa shape index (κ2) is 8.24. The average Bonchev–Trinajstić information content (AvgIpc) is 2.45. The summed E-state index contributed by atoms with van der Waals surface area (Å²) in [6.07, 6.45) is 0.741. The fourth-order valence-electron chi connectivity index (χ4n) is 1.96. The van der Waals surface area contributed by atoms with Crippen LogP contribution in [0.4, 0.5) is 4.79 Å². The van der Waals surface area contributed by atoms with Crippen LogP contribution in [-0.4, -0.2) is 36.9 Å². The van der Waals surface area contributed by atoms with E-state index in [0.717, 1.165) is 6.42 Å². The molecule has 1 aromatic heterocycles. The number of aromatic nitrogens is 1. The maximum Gasteiger partial charge on any atom is 0.407 e. The van der Waals surface area contributed by atoms with Crippen molar-refractivity contribution in [1.82, 2.24) is 10.3 Å². The minimum Gasteiger partial charge on any atom is -0.495 e. The monoisotopic (exact) mass is 344 g/mol. The van der Waals surface area contributed by atoms with Gasteiger partial charge in [0.15, 0.2) is 0 Å². The molecule has 1 heterocycles. The van der Waals surface area contributed by atoms with Crippen LogP contribution in [0.2, 0.25) is 5.02 Å². The predicted octanol–water partition coefficient (Wildman–Crippen LogP) is 3.60. The molecule has 0 aliphatic rings. The molecule has 1 aromatic rings. The van der Waals surface area contributed by atoms with Gasteiger partial charge in [-0.05, 0) is 27.2 Å². The summed E-state index contributed by atoms with van der Waals surface area (Å²) in [5, 5.41) is 3.22. The van der Waals surface area contributed by atoms with E-state index >= 15 is 0 Å². The van der Waals surface area contributed by atoms with E-state index in [-0.39, 0.29) is 6.04 Å². The molecule has 130 valence electrons. The van der Waals surface area contributed by atoms with E-state index in [9.17, 15) is 4.79 Å². The summed E-state index contributed by atoms with van der Waals surface area (Å²) in [5.74, 6) is 0.884. The van der Waals surface area contributed by atoms with Crippen molar-refractivity contribution in [2.75, 3.05) is 14.2 Å². The molecule has 0 spiro atoms. The summed E-state index contributed by atoms with van der Waals surface area (Å²) in [7, 11) is 3.05. The van der Waals surface area contributed by atoms with Gasteiger partial charge < -0.3 is 19.5 Å². The summed E-state index contributed by atoms with van der Waals surface area (Å²) < 4.78 is 15.7. The largest absolute Gasteiger partial charge is 0.495 e. The number of halogens is 1. The number of rotatable bonds is 6. The van der Waals surface area contributed by atoms with Gasteiger partial charge in [-0.1, -0.05) is 18.5 Å². The molecule has 1 atom stereocenters. The van der Waals surface area contributed by atoms with Crippen molar-refractivity contribution < 1.29 is 19.0 Å². The molecule has 1 rings (SSSR count). The Balaban J connectivity index is 2.88. The normalized spacial score (nSPS) is 12.5. The Morgan fingerprint density at radius 3 is 2.48 bits per heavy atom.